The molecule has 0 saturated carbocycles. The average molecular weight is 327 g/mol. The molecule has 128 valence electrons. The van der Waals surface area contributed by atoms with E-state index < -0.39 is 18.4 Å². The van der Waals surface area contributed by atoms with E-state index in [1.165, 1.54) is 51.4 Å². The molecule has 0 aliphatic rings. The second-order valence-corrected chi connectivity index (χ2v) is 5.84. The molecule has 0 aromatic carbocycles. The maximum absolute atomic E-state index is 11.1. The summed E-state index contributed by atoms with van der Waals surface area (Å²) in [6, 6.07) is 0. The summed E-state index contributed by atoms with van der Waals surface area (Å²) in [5.74, 6) is -1.77. The zero-order valence-corrected chi connectivity index (χ0v) is 15.9. The normalized spacial score (nSPS) is 11.5. The Balaban J connectivity index is -0.000000667. The maximum atomic E-state index is 11.1. The van der Waals surface area contributed by atoms with Gasteiger partial charge in [-0.25, -0.2) is 0 Å². The molecular weight excluding hydrogens is 292 g/mol. The number of carbonyl (C=O) groups excluding carboxylic acids is 1. The number of hydrogen-bond acceptors (Lipinski definition) is 3. The minimum atomic E-state index is -1.13. The van der Waals surface area contributed by atoms with Gasteiger partial charge in [0.15, 0.2) is 0 Å². The van der Waals surface area contributed by atoms with E-state index in [0.29, 0.717) is 0 Å². The second kappa shape index (κ2) is 17.1. The molecule has 0 spiro atoms. The monoisotopic (exact) mass is 326 g/mol. The van der Waals surface area contributed by atoms with Crippen molar-refractivity contribution in [3.05, 3.63) is 0 Å². The largest absolute Gasteiger partial charge is 2.00 e. The second-order valence-electron chi connectivity index (χ2n) is 5.84. The van der Waals surface area contributed by atoms with Crippen molar-refractivity contribution in [3.63, 3.8) is 0 Å². The number of carbonyl (C=O) groups is 2. The van der Waals surface area contributed by atoms with E-state index in [1.54, 1.807) is 0 Å². The van der Waals surface area contributed by atoms with E-state index in [9.17, 15) is 9.59 Å². The van der Waals surface area contributed by atoms with E-state index in [4.69, 9.17) is 9.84 Å². The van der Waals surface area contributed by atoms with E-state index in [1.807, 2.05) is 6.92 Å². The third-order valence-corrected chi connectivity index (χ3v) is 3.59. The summed E-state index contributed by atoms with van der Waals surface area (Å²) in [7, 11) is 0. The molecule has 0 aliphatic heterocycles. The Labute approximate surface area is 154 Å². The summed E-state index contributed by atoms with van der Waals surface area (Å²) in [4.78, 5) is 21.5. The number of esters is 1. The van der Waals surface area contributed by atoms with Crippen LogP contribution in [0.1, 0.15) is 93.8 Å². The van der Waals surface area contributed by atoms with Crippen LogP contribution in [0.2, 0.25) is 0 Å². The molecule has 0 aromatic heterocycles. The van der Waals surface area contributed by atoms with Gasteiger partial charge >= 0.3 is 35.0 Å². The molecule has 1 atom stereocenters. The molecule has 0 bridgehead atoms. The van der Waals surface area contributed by atoms with Crippen LogP contribution in [0.25, 0.3) is 0 Å². The molecule has 0 aliphatic carbocycles. The fourth-order valence-electron chi connectivity index (χ4n) is 2.37. The molecule has 0 saturated heterocycles. The van der Waals surface area contributed by atoms with Gasteiger partial charge in [-0.1, -0.05) is 64.7 Å². The predicted molar refractivity (Wildman–Crippen MR) is 92.2 cm³/mol. The van der Waals surface area contributed by atoms with Crippen LogP contribution in [0.3, 0.4) is 0 Å². The summed E-state index contributed by atoms with van der Waals surface area (Å²) in [5, 5.41) is 8.46. The summed E-state index contributed by atoms with van der Waals surface area (Å²) in [6.07, 6.45) is 12.9. The Bertz CT molecular complexity index is 292. The number of rotatable bonds is 14. The molecule has 0 amide bonds. The summed E-state index contributed by atoms with van der Waals surface area (Å²) < 4.78 is 5.02. The first kappa shape index (κ1) is 24.0. The molecule has 0 rings (SSSR count). The standard InChI is InChI=1S/C17H32O4.Mg.2H/c1-3-4-5-6-7-8-9-10-11-12-13-15(2)21-17(20)14-16(18)19;;;/h15H,3-14H2,1-2H3,(H,18,19);;;/q;+2;2*-1. The molecule has 0 heterocycles. The van der Waals surface area contributed by atoms with Gasteiger partial charge in [-0.15, -0.1) is 0 Å². The van der Waals surface area contributed by atoms with Crippen molar-refractivity contribution in [2.75, 3.05) is 0 Å². The number of hydrogen-bond donors (Lipinski definition) is 1. The van der Waals surface area contributed by atoms with Crippen LogP contribution in [0.4, 0.5) is 0 Å². The smallest absolute Gasteiger partial charge is 1.00 e. The van der Waals surface area contributed by atoms with Gasteiger partial charge < -0.3 is 12.7 Å². The van der Waals surface area contributed by atoms with Gasteiger partial charge in [0.05, 0.1) is 6.10 Å². The van der Waals surface area contributed by atoms with Crippen LogP contribution in [0.15, 0.2) is 0 Å². The van der Waals surface area contributed by atoms with Crippen LogP contribution >= 0.6 is 0 Å². The molecule has 0 radical (unpaired) electrons. The molecule has 0 aromatic rings. The van der Waals surface area contributed by atoms with Gasteiger partial charge in [-0.3, -0.25) is 9.59 Å². The molecular formula is C17H34MgO4. The van der Waals surface area contributed by atoms with Crippen molar-refractivity contribution in [2.45, 2.75) is 97.0 Å². The molecule has 0 fully saturated rings. The van der Waals surface area contributed by atoms with Crippen LogP contribution in [0, 0.1) is 0 Å². The Morgan fingerprint density at radius 2 is 1.41 bits per heavy atom. The van der Waals surface area contributed by atoms with E-state index >= 15 is 0 Å². The number of unbranched alkanes of at least 4 members (excludes halogenated alkanes) is 9. The van der Waals surface area contributed by atoms with Crippen molar-refractivity contribution in [1.29, 1.82) is 0 Å². The Kier molecular flexibility index (Phi) is 18.6. The Morgan fingerprint density at radius 3 is 1.86 bits per heavy atom. The SMILES string of the molecule is CCCCCCCCCCCCC(C)OC(=O)CC(=O)O.[H-].[H-].[Mg+2]. The summed E-state index contributed by atoms with van der Waals surface area (Å²) in [5.41, 5.74) is 0. The van der Waals surface area contributed by atoms with Crippen molar-refractivity contribution >= 4 is 35.0 Å². The minimum Gasteiger partial charge on any atom is -1.00 e. The number of carboxylic acids is 1. The van der Waals surface area contributed by atoms with Gasteiger partial charge in [-0.05, 0) is 19.8 Å². The summed E-state index contributed by atoms with van der Waals surface area (Å²) >= 11 is 0. The fourth-order valence-corrected chi connectivity index (χ4v) is 2.37. The predicted octanol–water partition coefficient (Wildman–Crippen LogP) is 4.55. The zero-order chi connectivity index (χ0) is 15.9. The van der Waals surface area contributed by atoms with Gasteiger partial charge in [0.2, 0.25) is 0 Å². The third kappa shape index (κ3) is 17.8. The average Bonchev–Trinajstić information content (AvgIpc) is 2.39. The number of carboxylic acid groups (broad SMARTS) is 1. The molecule has 1 unspecified atom stereocenters. The topological polar surface area (TPSA) is 63.6 Å². The molecule has 22 heavy (non-hydrogen) atoms. The van der Waals surface area contributed by atoms with Gasteiger partial charge in [0.1, 0.15) is 6.42 Å². The molecule has 1 N–H and O–H groups in total. The summed E-state index contributed by atoms with van der Waals surface area (Å²) in [6.45, 7) is 4.06. The third-order valence-electron chi connectivity index (χ3n) is 3.59. The van der Waals surface area contributed by atoms with Gasteiger partial charge in [0, 0.05) is 0 Å². The quantitative estimate of drug-likeness (QED) is 0.220. The Hall–Kier alpha value is -0.294. The molecule has 5 heteroatoms. The van der Waals surface area contributed by atoms with Crippen LogP contribution in [0.5, 0.6) is 0 Å². The van der Waals surface area contributed by atoms with Crippen molar-refractivity contribution in [1.82, 2.24) is 0 Å². The van der Waals surface area contributed by atoms with Gasteiger partial charge in [-0.2, -0.15) is 0 Å². The molecule has 4 nitrogen and oxygen atoms in total. The van der Waals surface area contributed by atoms with Crippen LogP contribution < -0.4 is 0 Å². The van der Waals surface area contributed by atoms with Crippen molar-refractivity contribution in [3.8, 4) is 0 Å². The minimum absolute atomic E-state index is 0. The van der Waals surface area contributed by atoms with E-state index in [-0.39, 0.29) is 32.0 Å². The van der Waals surface area contributed by atoms with Gasteiger partial charge in [0.25, 0.3) is 0 Å². The van der Waals surface area contributed by atoms with Crippen LogP contribution in [-0.2, 0) is 14.3 Å². The fraction of sp³-hybridized carbons (Fsp3) is 0.882. The van der Waals surface area contributed by atoms with E-state index in [2.05, 4.69) is 6.92 Å². The number of aliphatic carboxylic acids is 1. The first-order valence-electron chi connectivity index (χ1n) is 8.47. The maximum Gasteiger partial charge on any atom is 2.00 e. The van der Waals surface area contributed by atoms with E-state index in [0.717, 1.165) is 19.3 Å². The van der Waals surface area contributed by atoms with Crippen molar-refractivity contribution in [2.24, 2.45) is 0 Å². The zero-order valence-electron chi connectivity index (χ0n) is 16.4. The van der Waals surface area contributed by atoms with Crippen molar-refractivity contribution < 1.29 is 22.3 Å². The van der Waals surface area contributed by atoms with Crippen LogP contribution in [-0.4, -0.2) is 46.2 Å². The number of ether oxygens (including phenoxy) is 1. The first-order valence-corrected chi connectivity index (χ1v) is 8.47. The Morgan fingerprint density at radius 1 is 0.955 bits per heavy atom. The first-order chi connectivity index (χ1) is 10.1.